The predicted molar refractivity (Wildman–Crippen MR) is 153 cm³/mol. The van der Waals surface area contributed by atoms with Crippen molar-refractivity contribution in [2.45, 2.75) is 6.42 Å². The molecule has 5 aromatic carbocycles. The van der Waals surface area contributed by atoms with Gasteiger partial charge in [0.15, 0.2) is 0 Å². The Morgan fingerprint density at radius 3 is 1.68 bits per heavy atom. The zero-order chi connectivity index (χ0) is 23.4. The van der Waals surface area contributed by atoms with E-state index < -0.39 is 7.26 Å². The minimum absolute atomic E-state index is 0.810. The third-order valence-electron chi connectivity index (χ3n) is 6.25. The molecule has 0 unspecified atom stereocenters. The highest BCUT2D eigenvalue weighted by molar-refractivity contribution is 9.10. The average Bonchev–Trinajstić information content (AvgIpc) is 2.89. The minimum atomic E-state index is -2.12. The zero-order valence-corrected chi connectivity index (χ0v) is 21.3. The molecule has 5 rings (SSSR count). The van der Waals surface area contributed by atoms with Gasteiger partial charge in [0.1, 0.15) is 28.5 Å². The van der Waals surface area contributed by atoms with Crippen LogP contribution in [0.5, 0.6) is 0 Å². The predicted octanol–water partition coefficient (Wildman–Crippen LogP) is 6.24. The fraction of sp³-hybridized carbons (Fsp3) is 0.0323. The van der Waals surface area contributed by atoms with E-state index in [4.69, 9.17) is 5.73 Å². The summed E-state index contributed by atoms with van der Waals surface area (Å²) in [5, 5.41) is 5.38. The molecule has 166 valence electrons. The van der Waals surface area contributed by atoms with Gasteiger partial charge in [0.25, 0.3) is 0 Å². The molecule has 0 fully saturated rings. The van der Waals surface area contributed by atoms with Crippen LogP contribution in [0.4, 0.5) is 5.69 Å². The summed E-state index contributed by atoms with van der Waals surface area (Å²) < 4.78 is 1.09. The van der Waals surface area contributed by atoms with Crippen LogP contribution in [0.1, 0.15) is 11.1 Å². The number of hydrogen-bond donors (Lipinski definition) is 1. The third kappa shape index (κ3) is 4.32. The number of para-hydroxylation sites is 1. The second-order valence-corrected chi connectivity index (χ2v) is 12.7. The Bertz CT molecular complexity index is 1340. The van der Waals surface area contributed by atoms with Crippen LogP contribution in [0.3, 0.4) is 0 Å². The number of anilines is 1. The molecule has 0 aliphatic rings. The van der Waals surface area contributed by atoms with E-state index in [1.807, 2.05) is 12.1 Å². The van der Waals surface area contributed by atoms with E-state index in [9.17, 15) is 0 Å². The summed E-state index contributed by atoms with van der Waals surface area (Å²) in [6.07, 6.45) is 0.810. The molecule has 1 nitrogen and oxygen atoms in total. The van der Waals surface area contributed by atoms with Crippen molar-refractivity contribution in [1.82, 2.24) is 0 Å². The molecule has 5 aromatic rings. The van der Waals surface area contributed by atoms with Crippen molar-refractivity contribution in [3.63, 3.8) is 0 Å². The van der Waals surface area contributed by atoms with Crippen molar-refractivity contribution < 1.29 is 0 Å². The van der Waals surface area contributed by atoms with Gasteiger partial charge in [0, 0.05) is 10.2 Å². The number of nitrogen functional groups attached to an aromatic ring is 1. The topological polar surface area (TPSA) is 26.0 Å². The SMILES string of the molecule is Nc1ccccc1Cc1cccc([P+](c2ccccc2)(c2ccccc2)c2ccc(Br)cc2)c1. The molecule has 0 saturated heterocycles. The first-order valence-corrected chi connectivity index (χ1v) is 14.0. The lowest BCUT2D eigenvalue weighted by molar-refractivity contribution is 1.20. The summed E-state index contributed by atoms with van der Waals surface area (Å²) in [6.45, 7) is 0. The van der Waals surface area contributed by atoms with Crippen molar-refractivity contribution in [3.05, 3.63) is 149 Å². The molecule has 0 saturated carbocycles. The summed E-state index contributed by atoms with van der Waals surface area (Å²) >= 11 is 3.64. The zero-order valence-electron chi connectivity index (χ0n) is 18.8. The molecule has 0 heterocycles. The van der Waals surface area contributed by atoms with E-state index in [1.54, 1.807) is 0 Å². The van der Waals surface area contributed by atoms with Crippen LogP contribution < -0.4 is 27.0 Å². The number of hydrogen-bond acceptors (Lipinski definition) is 1. The Hall–Kier alpha value is -3.19. The molecule has 0 spiro atoms. The maximum atomic E-state index is 6.28. The van der Waals surface area contributed by atoms with E-state index in [0.29, 0.717) is 0 Å². The first-order chi connectivity index (χ1) is 16.7. The number of rotatable bonds is 6. The second kappa shape index (κ2) is 9.97. The van der Waals surface area contributed by atoms with E-state index in [2.05, 4.69) is 137 Å². The molecule has 0 bridgehead atoms. The Morgan fingerprint density at radius 2 is 1.06 bits per heavy atom. The standard InChI is InChI=1S/C31H26BrNP/c32-26-18-20-29(21-19-26)34(27-12-3-1-4-13-27,28-14-5-2-6-15-28)30-16-9-10-24(23-30)22-25-11-7-8-17-31(25)33/h1-21,23H,22,33H2/q+1. The van der Waals surface area contributed by atoms with Gasteiger partial charge in [-0.15, -0.1) is 0 Å². The van der Waals surface area contributed by atoms with E-state index in [0.717, 1.165) is 22.1 Å². The number of halogens is 1. The average molecular weight is 523 g/mol. The quantitative estimate of drug-likeness (QED) is 0.207. The minimum Gasteiger partial charge on any atom is -0.398 e. The molecular weight excluding hydrogens is 497 g/mol. The Morgan fingerprint density at radius 1 is 0.529 bits per heavy atom. The first kappa shape index (κ1) is 22.6. The van der Waals surface area contributed by atoms with Crippen LogP contribution in [0.15, 0.2) is 138 Å². The first-order valence-electron chi connectivity index (χ1n) is 11.4. The number of nitrogens with two attached hydrogens (primary N) is 1. The van der Waals surface area contributed by atoms with Gasteiger partial charge >= 0.3 is 0 Å². The van der Waals surface area contributed by atoms with Crippen molar-refractivity contribution in [2.24, 2.45) is 0 Å². The number of benzene rings is 5. The van der Waals surface area contributed by atoms with Gasteiger partial charge in [-0.1, -0.05) is 82.7 Å². The summed E-state index contributed by atoms with van der Waals surface area (Å²) in [5.41, 5.74) is 9.55. The molecule has 34 heavy (non-hydrogen) atoms. The van der Waals surface area contributed by atoms with Crippen molar-refractivity contribution in [1.29, 1.82) is 0 Å². The van der Waals surface area contributed by atoms with Gasteiger partial charge in [-0.05, 0) is 84.3 Å². The van der Waals surface area contributed by atoms with Gasteiger partial charge in [0.2, 0.25) is 0 Å². The third-order valence-corrected chi connectivity index (χ3v) is 11.0. The molecule has 0 radical (unpaired) electrons. The second-order valence-electron chi connectivity index (χ2n) is 8.36. The molecule has 0 amide bonds. The molecular formula is C31H26BrNP+. The maximum Gasteiger partial charge on any atom is 0.144 e. The van der Waals surface area contributed by atoms with Crippen LogP contribution in [-0.4, -0.2) is 0 Å². The Kier molecular flexibility index (Phi) is 6.63. The van der Waals surface area contributed by atoms with Crippen molar-refractivity contribution >= 4 is 50.1 Å². The molecule has 2 N–H and O–H groups in total. The highest BCUT2D eigenvalue weighted by atomic mass is 79.9. The van der Waals surface area contributed by atoms with E-state index >= 15 is 0 Å². The van der Waals surface area contributed by atoms with Gasteiger partial charge in [-0.2, -0.15) is 0 Å². The highest BCUT2D eigenvalue weighted by Crippen LogP contribution is 2.54. The monoisotopic (exact) mass is 522 g/mol. The van der Waals surface area contributed by atoms with Gasteiger partial charge in [-0.3, -0.25) is 0 Å². The van der Waals surface area contributed by atoms with Crippen LogP contribution in [-0.2, 0) is 6.42 Å². The maximum absolute atomic E-state index is 6.28. The molecule has 0 aliphatic carbocycles. The van der Waals surface area contributed by atoms with E-state index in [-0.39, 0.29) is 0 Å². The van der Waals surface area contributed by atoms with E-state index in [1.165, 1.54) is 26.8 Å². The van der Waals surface area contributed by atoms with Crippen LogP contribution in [0.25, 0.3) is 0 Å². The highest BCUT2D eigenvalue weighted by Gasteiger charge is 2.47. The lowest BCUT2D eigenvalue weighted by atomic mass is 10.0. The van der Waals surface area contributed by atoms with Crippen LogP contribution in [0.2, 0.25) is 0 Å². The summed E-state index contributed by atoms with van der Waals surface area (Å²) in [4.78, 5) is 0. The normalized spacial score (nSPS) is 11.3. The fourth-order valence-electron chi connectivity index (χ4n) is 4.65. The largest absolute Gasteiger partial charge is 0.398 e. The molecule has 0 aromatic heterocycles. The molecule has 0 atom stereocenters. The lowest BCUT2D eigenvalue weighted by Crippen LogP contribution is -2.38. The Labute approximate surface area is 210 Å². The molecule has 3 heteroatoms. The summed E-state index contributed by atoms with van der Waals surface area (Å²) in [6, 6.07) is 48.0. The van der Waals surface area contributed by atoms with Crippen LogP contribution in [0, 0.1) is 0 Å². The van der Waals surface area contributed by atoms with Gasteiger partial charge in [-0.25, -0.2) is 0 Å². The Balaban J connectivity index is 1.77. The summed E-state index contributed by atoms with van der Waals surface area (Å²) in [7, 11) is -2.12. The van der Waals surface area contributed by atoms with Crippen LogP contribution >= 0.6 is 23.2 Å². The van der Waals surface area contributed by atoms with Crippen molar-refractivity contribution in [3.8, 4) is 0 Å². The summed E-state index contributed by atoms with van der Waals surface area (Å²) in [5.74, 6) is 0. The van der Waals surface area contributed by atoms with Gasteiger partial charge < -0.3 is 5.73 Å². The fourth-order valence-corrected chi connectivity index (χ4v) is 9.21. The molecule has 0 aliphatic heterocycles. The van der Waals surface area contributed by atoms with Crippen molar-refractivity contribution in [2.75, 3.05) is 5.73 Å². The lowest BCUT2D eigenvalue weighted by Gasteiger charge is -2.28. The smallest absolute Gasteiger partial charge is 0.144 e. The van der Waals surface area contributed by atoms with Gasteiger partial charge in [0.05, 0.1) is 0 Å².